The Bertz CT molecular complexity index is 1260. The van der Waals surface area contributed by atoms with Crippen LogP contribution in [0, 0.1) is 6.92 Å². The van der Waals surface area contributed by atoms with Crippen molar-refractivity contribution >= 4 is 15.9 Å². The first-order valence-corrected chi connectivity index (χ1v) is 10.5. The number of aryl methyl sites for hydroxylation is 1. The van der Waals surface area contributed by atoms with E-state index in [0.717, 1.165) is 21.9 Å². The summed E-state index contributed by atoms with van der Waals surface area (Å²) in [6.07, 6.45) is 2.41. The molecule has 30 heavy (non-hydrogen) atoms. The van der Waals surface area contributed by atoms with E-state index in [1.54, 1.807) is 30.3 Å². The molecule has 4 rings (SSSR count). The van der Waals surface area contributed by atoms with Crippen LogP contribution in [0.15, 0.2) is 64.5 Å². The molecule has 0 saturated carbocycles. The van der Waals surface area contributed by atoms with E-state index < -0.39 is 21.6 Å². The largest absolute Gasteiger partial charge is 0.454 e. The van der Waals surface area contributed by atoms with Crippen LogP contribution in [0.1, 0.15) is 11.1 Å². The lowest BCUT2D eigenvalue weighted by atomic mass is 10.2. The van der Waals surface area contributed by atoms with Crippen molar-refractivity contribution in [2.75, 3.05) is 6.79 Å². The van der Waals surface area contributed by atoms with Crippen LogP contribution in [-0.4, -0.2) is 29.7 Å². The average molecular weight is 429 g/mol. The molecule has 3 aromatic rings. The summed E-state index contributed by atoms with van der Waals surface area (Å²) in [6.45, 7) is 1.92. The molecular formula is C20H19N3O6S. The van der Waals surface area contributed by atoms with Gasteiger partial charge in [0.05, 0.1) is 4.90 Å². The third kappa shape index (κ3) is 3.81. The van der Waals surface area contributed by atoms with Crippen molar-refractivity contribution in [3.63, 3.8) is 0 Å². The molecule has 1 amide bonds. The van der Waals surface area contributed by atoms with Crippen LogP contribution in [0.25, 0.3) is 0 Å². The number of amides is 1. The fraction of sp³-hybridized carbons (Fsp3) is 0.200. The molecule has 1 N–H and O–H groups in total. The SMILES string of the molecule is Cc1ccc(S(=O)(=O)n2ccn(CC(=O)NCc3ccc4c(c3)OCO4)c2=O)cc1. The molecule has 0 spiro atoms. The van der Waals surface area contributed by atoms with Crippen LogP contribution >= 0.6 is 0 Å². The Morgan fingerprint density at radius 2 is 1.80 bits per heavy atom. The van der Waals surface area contributed by atoms with E-state index >= 15 is 0 Å². The zero-order chi connectivity index (χ0) is 21.3. The average Bonchev–Trinajstić information content (AvgIpc) is 3.33. The van der Waals surface area contributed by atoms with Crippen LogP contribution in [0.2, 0.25) is 0 Å². The molecule has 156 valence electrons. The maximum Gasteiger partial charge on any atom is 0.342 e. The molecule has 0 aliphatic carbocycles. The van der Waals surface area contributed by atoms with Gasteiger partial charge in [-0.25, -0.2) is 13.2 Å². The minimum Gasteiger partial charge on any atom is -0.454 e. The van der Waals surface area contributed by atoms with Crippen LogP contribution in [0.5, 0.6) is 11.5 Å². The predicted octanol–water partition coefficient (Wildman–Crippen LogP) is 1.24. The lowest BCUT2D eigenvalue weighted by molar-refractivity contribution is -0.121. The predicted molar refractivity (Wildman–Crippen MR) is 107 cm³/mol. The number of aromatic nitrogens is 2. The first-order valence-electron chi connectivity index (χ1n) is 9.10. The van der Waals surface area contributed by atoms with E-state index in [9.17, 15) is 18.0 Å². The minimum atomic E-state index is -4.04. The van der Waals surface area contributed by atoms with E-state index in [4.69, 9.17) is 9.47 Å². The summed E-state index contributed by atoms with van der Waals surface area (Å²) in [5.74, 6) is 0.823. The maximum atomic E-state index is 12.7. The summed E-state index contributed by atoms with van der Waals surface area (Å²) in [6, 6.07) is 11.5. The van der Waals surface area contributed by atoms with E-state index in [-0.39, 0.29) is 24.8 Å². The zero-order valence-corrected chi connectivity index (χ0v) is 16.9. The topological polar surface area (TPSA) is 109 Å². The van der Waals surface area contributed by atoms with Crippen LogP contribution in [-0.2, 0) is 27.9 Å². The molecule has 1 aliphatic rings. The van der Waals surface area contributed by atoms with Crippen molar-refractivity contribution in [1.29, 1.82) is 0 Å². The number of rotatable bonds is 6. The van der Waals surface area contributed by atoms with Gasteiger partial charge in [0.25, 0.3) is 10.0 Å². The highest BCUT2D eigenvalue weighted by Gasteiger charge is 2.21. The molecule has 9 nitrogen and oxygen atoms in total. The molecule has 0 saturated heterocycles. The Balaban J connectivity index is 1.44. The second-order valence-electron chi connectivity index (χ2n) is 6.79. The monoisotopic (exact) mass is 429 g/mol. The molecule has 0 fully saturated rings. The highest BCUT2D eigenvalue weighted by atomic mass is 32.2. The highest BCUT2D eigenvalue weighted by Crippen LogP contribution is 2.32. The Labute approximate surface area is 172 Å². The summed E-state index contributed by atoms with van der Waals surface area (Å²) in [4.78, 5) is 24.8. The Hall–Kier alpha value is -3.53. The third-order valence-electron chi connectivity index (χ3n) is 4.63. The first kappa shape index (κ1) is 19.8. The molecule has 0 radical (unpaired) electrons. The van der Waals surface area contributed by atoms with Gasteiger partial charge in [0.1, 0.15) is 6.54 Å². The Morgan fingerprint density at radius 3 is 2.57 bits per heavy atom. The molecule has 2 heterocycles. The van der Waals surface area contributed by atoms with Gasteiger partial charge in [-0.05, 0) is 36.8 Å². The van der Waals surface area contributed by atoms with Gasteiger partial charge in [0.15, 0.2) is 11.5 Å². The number of carbonyl (C=O) groups excluding carboxylic acids is 1. The van der Waals surface area contributed by atoms with Crippen molar-refractivity contribution in [2.45, 2.75) is 24.9 Å². The number of ether oxygens (including phenoxy) is 2. The molecule has 1 aliphatic heterocycles. The van der Waals surface area contributed by atoms with Crippen molar-refractivity contribution in [3.8, 4) is 11.5 Å². The lowest BCUT2D eigenvalue weighted by Gasteiger charge is -2.07. The standard InChI is InChI=1S/C20H19N3O6S/c1-14-2-5-16(6-3-14)30(26,27)23-9-8-22(20(23)25)12-19(24)21-11-15-4-7-17-18(10-15)29-13-28-17/h2-10H,11-13H2,1H3,(H,21,24). The second-order valence-corrected chi connectivity index (χ2v) is 8.60. The van der Waals surface area contributed by atoms with Gasteiger partial charge in [0.2, 0.25) is 12.7 Å². The van der Waals surface area contributed by atoms with Crippen molar-refractivity contribution < 1.29 is 22.7 Å². The summed E-state index contributed by atoms with van der Waals surface area (Å²) in [7, 11) is -4.04. The molecule has 0 unspecified atom stereocenters. The Morgan fingerprint density at radius 1 is 1.07 bits per heavy atom. The van der Waals surface area contributed by atoms with E-state index in [2.05, 4.69) is 5.32 Å². The van der Waals surface area contributed by atoms with Crippen LogP contribution < -0.4 is 20.5 Å². The lowest BCUT2D eigenvalue weighted by Crippen LogP contribution is -2.34. The summed E-state index contributed by atoms with van der Waals surface area (Å²) >= 11 is 0. The van der Waals surface area contributed by atoms with Crippen molar-refractivity contribution in [2.24, 2.45) is 0 Å². The van der Waals surface area contributed by atoms with Crippen LogP contribution in [0.3, 0.4) is 0 Å². The summed E-state index contributed by atoms with van der Waals surface area (Å²) in [5.41, 5.74) is 0.895. The van der Waals surface area contributed by atoms with E-state index in [1.807, 2.05) is 6.92 Å². The van der Waals surface area contributed by atoms with Gasteiger partial charge in [-0.1, -0.05) is 23.8 Å². The van der Waals surface area contributed by atoms with E-state index in [1.165, 1.54) is 18.3 Å². The number of nitrogens with zero attached hydrogens (tertiary/aromatic N) is 2. The minimum absolute atomic E-state index is 0.000194. The number of carbonyl (C=O) groups is 1. The van der Waals surface area contributed by atoms with Gasteiger partial charge in [-0.2, -0.15) is 3.97 Å². The molecule has 0 bridgehead atoms. The molecule has 2 aromatic carbocycles. The number of hydrogen-bond acceptors (Lipinski definition) is 6. The molecule has 0 atom stereocenters. The van der Waals surface area contributed by atoms with Crippen LogP contribution in [0.4, 0.5) is 0 Å². The quantitative estimate of drug-likeness (QED) is 0.632. The van der Waals surface area contributed by atoms with Gasteiger partial charge in [0, 0.05) is 18.9 Å². The Kier molecular flexibility index (Phi) is 5.08. The second kappa shape index (κ2) is 7.71. The molecular weight excluding hydrogens is 410 g/mol. The first-order chi connectivity index (χ1) is 14.3. The van der Waals surface area contributed by atoms with Gasteiger partial charge >= 0.3 is 5.69 Å². The smallest absolute Gasteiger partial charge is 0.342 e. The summed E-state index contributed by atoms with van der Waals surface area (Å²) in [5, 5.41) is 2.70. The summed E-state index contributed by atoms with van der Waals surface area (Å²) < 4.78 is 37.6. The normalized spacial score (nSPS) is 12.7. The zero-order valence-electron chi connectivity index (χ0n) is 16.1. The maximum absolute atomic E-state index is 12.7. The fourth-order valence-corrected chi connectivity index (χ4v) is 4.22. The fourth-order valence-electron chi connectivity index (χ4n) is 2.98. The molecule has 1 aromatic heterocycles. The highest BCUT2D eigenvalue weighted by molar-refractivity contribution is 7.90. The van der Waals surface area contributed by atoms with Gasteiger partial charge in [-0.15, -0.1) is 0 Å². The number of fused-ring (bicyclic) bond motifs is 1. The van der Waals surface area contributed by atoms with Crippen molar-refractivity contribution in [3.05, 3.63) is 76.5 Å². The number of benzene rings is 2. The molecule has 10 heteroatoms. The number of imidazole rings is 1. The number of nitrogens with one attached hydrogen (secondary N) is 1. The number of hydrogen-bond donors (Lipinski definition) is 1. The van der Waals surface area contributed by atoms with Gasteiger partial charge < -0.3 is 14.8 Å². The van der Waals surface area contributed by atoms with Gasteiger partial charge in [-0.3, -0.25) is 9.36 Å². The third-order valence-corrected chi connectivity index (χ3v) is 6.30. The van der Waals surface area contributed by atoms with E-state index in [0.29, 0.717) is 15.5 Å². The van der Waals surface area contributed by atoms with Crippen molar-refractivity contribution in [1.82, 2.24) is 13.9 Å².